The van der Waals surface area contributed by atoms with Crippen molar-refractivity contribution in [2.75, 3.05) is 30.8 Å². The highest BCUT2D eigenvalue weighted by Crippen LogP contribution is 2.20. The zero-order valence-corrected chi connectivity index (χ0v) is 8.38. The number of anilines is 2. The fourth-order valence-corrected chi connectivity index (χ4v) is 1.77. The Balaban J connectivity index is 1.87. The molecule has 1 unspecified atom stereocenters. The number of hydrogen-bond donors (Lipinski definition) is 3. The van der Waals surface area contributed by atoms with Crippen LogP contribution in [0.25, 0.3) is 0 Å². The Hall–Kier alpha value is -0.920. The molecule has 1 saturated heterocycles. The molecule has 1 atom stereocenters. The maximum Gasteiger partial charge on any atom is 0.233 e. The van der Waals surface area contributed by atoms with Crippen LogP contribution in [0.2, 0.25) is 0 Å². The quantitative estimate of drug-likeness (QED) is 0.641. The van der Waals surface area contributed by atoms with Gasteiger partial charge < -0.3 is 20.9 Å². The van der Waals surface area contributed by atoms with E-state index in [9.17, 15) is 5.11 Å². The Morgan fingerprint density at radius 2 is 2.57 bits per heavy atom. The second-order valence-electron chi connectivity index (χ2n) is 3.34. The monoisotopic (exact) mass is 216 g/mol. The standard InChI is InChI=1S/C7H12N4O2S/c8-5-10-6(14-11-5)9-3-7(12)1-2-13-4-7/h12H,1-4H2,(H3,8,9,10,11). The molecular formula is C7H12N4O2S. The summed E-state index contributed by atoms with van der Waals surface area (Å²) < 4.78 is 8.92. The van der Waals surface area contributed by atoms with Crippen LogP contribution in [0.3, 0.4) is 0 Å². The average molecular weight is 216 g/mol. The van der Waals surface area contributed by atoms with Gasteiger partial charge in [-0.25, -0.2) is 0 Å². The van der Waals surface area contributed by atoms with Crippen LogP contribution in [0, 0.1) is 0 Å². The van der Waals surface area contributed by atoms with E-state index < -0.39 is 5.60 Å². The van der Waals surface area contributed by atoms with E-state index in [1.807, 2.05) is 0 Å². The highest BCUT2D eigenvalue weighted by atomic mass is 32.1. The highest BCUT2D eigenvalue weighted by molar-refractivity contribution is 7.09. The first kappa shape index (κ1) is 9.63. The SMILES string of the molecule is Nc1nsc(NCC2(O)CCOC2)n1. The fraction of sp³-hybridized carbons (Fsp3) is 0.714. The van der Waals surface area contributed by atoms with Crippen molar-refractivity contribution in [3.63, 3.8) is 0 Å². The van der Waals surface area contributed by atoms with Gasteiger partial charge in [-0.1, -0.05) is 0 Å². The first-order valence-electron chi connectivity index (χ1n) is 4.31. The van der Waals surface area contributed by atoms with E-state index in [4.69, 9.17) is 10.5 Å². The number of nitrogens with zero attached hydrogens (tertiary/aromatic N) is 2. The third kappa shape index (κ3) is 2.11. The minimum atomic E-state index is -0.777. The Kier molecular flexibility index (Phi) is 2.53. The van der Waals surface area contributed by atoms with Crippen molar-refractivity contribution >= 4 is 22.6 Å². The molecule has 0 bridgehead atoms. The van der Waals surface area contributed by atoms with Crippen LogP contribution in [0.5, 0.6) is 0 Å². The molecule has 2 rings (SSSR count). The minimum absolute atomic E-state index is 0.257. The van der Waals surface area contributed by atoms with Gasteiger partial charge in [-0.2, -0.15) is 9.36 Å². The molecule has 0 aliphatic carbocycles. The lowest BCUT2D eigenvalue weighted by molar-refractivity contribution is 0.0382. The van der Waals surface area contributed by atoms with Crippen LogP contribution in [-0.2, 0) is 4.74 Å². The molecule has 1 aliphatic heterocycles. The molecule has 2 heterocycles. The minimum Gasteiger partial charge on any atom is -0.386 e. The summed E-state index contributed by atoms with van der Waals surface area (Å²) in [6.07, 6.45) is 0.647. The van der Waals surface area contributed by atoms with Crippen molar-refractivity contribution in [2.45, 2.75) is 12.0 Å². The van der Waals surface area contributed by atoms with Crippen molar-refractivity contribution in [3.8, 4) is 0 Å². The summed E-state index contributed by atoms with van der Waals surface area (Å²) in [6.45, 7) is 1.40. The van der Waals surface area contributed by atoms with Crippen LogP contribution in [-0.4, -0.2) is 39.8 Å². The number of nitrogen functional groups attached to an aromatic ring is 1. The van der Waals surface area contributed by atoms with E-state index in [1.54, 1.807) is 0 Å². The smallest absolute Gasteiger partial charge is 0.233 e. The number of aromatic nitrogens is 2. The molecule has 0 saturated carbocycles. The summed E-state index contributed by atoms with van der Waals surface area (Å²) in [5.41, 5.74) is 4.58. The molecule has 7 heteroatoms. The molecular weight excluding hydrogens is 204 g/mol. The topological polar surface area (TPSA) is 93.3 Å². The van der Waals surface area contributed by atoms with Gasteiger partial charge in [0.1, 0.15) is 5.60 Å². The maximum atomic E-state index is 9.90. The number of hydrogen-bond acceptors (Lipinski definition) is 7. The molecule has 78 valence electrons. The van der Waals surface area contributed by atoms with Gasteiger partial charge in [0.25, 0.3) is 0 Å². The van der Waals surface area contributed by atoms with E-state index in [0.717, 1.165) is 0 Å². The highest BCUT2D eigenvalue weighted by Gasteiger charge is 2.32. The van der Waals surface area contributed by atoms with Crippen LogP contribution < -0.4 is 11.1 Å². The molecule has 6 nitrogen and oxygen atoms in total. The fourth-order valence-electron chi connectivity index (χ4n) is 1.28. The molecule has 0 radical (unpaired) electrons. The van der Waals surface area contributed by atoms with E-state index in [1.165, 1.54) is 11.5 Å². The summed E-state index contributed by atoms with van der Waals surface area (Å²) in [4.78, 5) is 3.92. The first-order chi connectivity index (χ1) is 6.68. The predicted octanol–water partition coefficient (Wildman–Crippen LogP) is -0.316. The Morgan fingerprint density at radius 3 is 3.14 bits per heavy atom. The second kappa shape index (κ2) is 3.68. The summed E-state index contributed by atoms with van der Waals surface area (Å²) in [5.74, 6) is 0.257. The van der Waals surface area contributed by atoms with E-state index >= 15 is 0 Å². The van der Waals surface area contributed by atoms with Gasteiger partial charge in [0, 0.05) is 31.1 Å². The lowest BCUT2D eigenvalue weighted by Gasteiger charge is -2.19. The molecule has 1 fully saturated rings. The van der Waals surface area contributed by atoms with Crippen molar-refractivity contribution < 1.29 is 9.84 Å². The van der Waals surface area contributed by atoms with Crippen LogP contribution in [0.15, 0.2) is 0 Å². The molecule has 14 heavy (non-hydrogen) atoms. The lowest BCUT2D eigenvalue weighted by Crippen LogP contribution is -2.37. The van der Waals surface area contributed by atoms with Gasteiger partial charge in [-0.15, -0.1) is 0 Å². The van der Waals surface area contributed by atoms with Gasteiger partial charge in [0.05, 0.1) is 6.61 Å². The van der Waals surface area contributed by atoms with Crippen LogP contribution in [0.1, 0.15) is 6.42 Å². The molecule has 1 aliphatic rings. The van der Waals surface area contributed by atoms with Gasteiger partial charge in [0.2, 0.25) is 11.1 Å². The summed E-state index contributed by atoms with van der Waals surface area (Å²) in [7, 11) is 0. The number of ether oxygens (including phenoxy) is 1. The van der Waals surface area contributed by atoms with Gasteiger partial charge >= 0.3 is 0 Å². The van der Waals surface area contributed by atoms with Gasteiger partial charge in [-0.05, 0) is 0 Å². The van der Waals surface area contributed by atoms with Gasteiger partial charge in [0.15, 0.2) is 0 Å². The Labute approximate surface area is 85.3 Å². The number of rotatable bonds is 3. The lowest BCUT2D eigenvalue weighted by atomic mass is 10.0. The second-order valence-corrected chi connectivity index (χ2v) is 4.09. The van der Waals surface area contributed by atoms with Crippen molar-refractivity contribution in [2.24, 2.45) is 0 Å². The third-order valence-electron chi connectivity index (χ3n) is 2.09. The van der Waals surface area contributed by atoms with Crippen LogP contribution >= 0.6 is 11.5 Å². The van der Waals surface area contributed by atoms with Gasteiger partial charge in [-0.3, -0.25) is 0 Å². The van der Waals surface area contributed by atoms with Crippen molar-refractivity contribution in [1.82, 2.24) is 9.36 Å². The van der Waals surface area contributed by atoms with Crippen LogP contribution in [0.4, 0.5) is 11.1 Å². The number of nitrogens with two attached hydrogens (primary N) is 1. The van der Waals surface area contributed by atoms with Crippen molar-refractivity contribution in [3.05, 3.63) is 0 Å². The number of aliphatic hydroxyl groups is 1. The first-order valence-corrected chi connectivity index (χ1v) is 5.08. The van der Waals surface area contributed by atoms with E-state index in [-0.39, 0.29) is 5.95 Å². The normalized spacial score (nSPS) is 26.6. The van der Waals surface area contributed by atoms with Crippen molar-refractivity contribution in [1.29, 1.82) is 0 Å². The van der Waals surface area contributed by atoms with E-state index in [0.29, 0.717) is 31.3 Å². The average Bonchev–Trinajstić information content (AvgIpc) is 2.73. The summed E-state index contributed by atoms with van der Waals surface area (Å²) in [5, 5.41) is 13.5. The molecule has 1 aromatic heterocycles. The number of nitrogens with one attached hydrogen (secondary N) is 1. The Morgan fingerprint density at radius 1 is 1.71 bits per heavy atom. The molecule has 1 aromatic rings. The predicted molar refractivity (Wildman–Crippen MR) is 53.2 cm³/mol. The summed E-state index contributed by atoms with van der Waals surface area (Å²) >= 11 is 1.18. The van der Waals surface area contributed by atoms with E-state index in [2.05, 4.69) is 14.7 Å². The zero-order chi connectivity index (χ0) is 10.0. The maximum absolute atomic E-state index is 9.90. The third-order valence-corrected chi connectivity index (χ3v) is 2.78. The molecule has 4 N–H and O–H groups in total. The Bertz CT molecular complexity index is 310. The molecule has 0 spiro atoms. The molecule has 0 amide bonds. The summed E-state index contributed by atoms with van der Waals surface area (Å²) in [6, 6.07) is 0. The zero-order valence-electron chi connectivity index (χ0n) is 7.56. The molecule has 0 aromatic carbocycles. The largest absolute Gasteiger partial charge is 0.386 e.